The molecule has 0 unspecified atom stereocenters. The number of para-hydroxylation sites is 2. The summed E-state index contributed by atoms with van der Waals surface area (Å²) < 4.78 is 0. The molecule has 0 aliphatic carbocycles. The summed E-state index contributed by atoms with van der Waals surface area (Å²) in [5.41, 5.74) is 7.49. The maximum Gasteiger partial charge on any atom is 0.261 e. The van der Waals surface area contributed by atoms with E-state index in [1.54, 1.807) is 48.5 Å². The molecule has 6 heteroatoms. The fourth-order valence-corrected chi connectivity index (χ4v) is 2.48. The van der Waals surface area contributed by atoms with E-state index >= 15 is 0 Å². The Bertz CT molecular complexity index is 766. The Morgan fingerprint density at radius 3 is 2.13 bits per heavy atom. The van der Waals surface area contributed by atoms with Gasteiger partial charge in [-0.2, -0.15) is 0 Å². The Kier molecular flexibility index (Phi) is 3.80. The van der Waals surface area contributed by atoms with Crippen molar-refractivity contribution in [2.75, 3.05) is 17.6 Å². The summed E-state index contributed by atoms with van der Waals surface area (Å²) in [6, 6.07) is 13.5. The van der Waals surface area contributed by atoms with Gasteiger partial charge in [0.25, 0.3) is 11.8 Å². The third-order valence-corrected chi connectivity index (χ3v) is 3.68. The van der Waals surface area contributed by atoms with E-state index in [0.29, 0.717) is 22.5 Å². The third-order valence-electron chi connectivity index (χ3n) is 3.68. The molecule has 2 aromatic rings. The highest BCUT2D eigenvalue weighted by molar-refractivity contribution is 6.21. The number of carbonyl (C=O) groups excluding carboxylic acids is 3. The second-order valence-electron chi connectivity index (χ2n) is 5.19. The molecule has 23 heavy (non-hydrogen) atoms. The number of rotatable bonds is 4. The molecular formula is C17H15N3O3. The molecule has 6 nitrogen and oxygen atoms in total. The highest BCUT2D eigenvalue weighted by Crippen LogP contribution is 2.22. The van der Waals surface area contributed by atoms with Crippen molar-refractivity contribution in [2.24, 2.45) is 0 Å². The lowest BCUT2D eigenvalue weighted by atomic mass is 10.1. The van der Waals surface area contributed by atoms with E-state index < -0.39 is 0 Å². The number of hydrogen-bond acceptors (Lipinski definition) is 4. The van der Waals surface area contributed by atoms with Gasteiger partial charge in [-0.25, -0.2) is 0 Å². The third kappa shape index (κ3) is 2.78. The van der Waals surface area contributed by atoms with E-state index in [2.05, 4.69) is 5.32 Å². The number of anilines is 2. The molecule has 3 N–H and O–H groups in total. The van der Waals surface area contributed by atoms with Crippen LogP contribution in [0.4, 0.5) is 11.4 Å². The summed E-state index contributed by atoms with van der Waals surface area (Å²) in [6.07, 6.45) is 0.0137. The van der Waals surface area contributed by atoms with Gasteiger partial charge >= 0.3 is 0 Å². The maximum atomic E-state index is 12.2. The number of nitrogens with zero attached hydrogens (tertiary/aromatic N) is 1. The van der Waals surface area contributed by atoms with Gasteiger partial charge in [0.2, 0.25) is 5.91 Å². The van der Waals surface area contributed by atoms with Crippen molar-refractivity contribution in [3.63, 3.8) is 0 Å². The van der Waals surface area contributed by atoms with Crippen LogP contribution in [0, 0.1) is 0 Å². The number of nitrogens with one attached hydrogen (secondary N) is 1. The van der Waals surface area contributed by atoms with Crippen LogP contribution in [0.2, 0.25) is 0 Å². The zero-order chi connectivity index (χ0) is 16.4. The van der Waals surface area contributed by atoms with Gasteiger partial charge in [0.1, 0.15) is 0 Å². The number of nitrogen functional groups attached to an aromatic ring is 1. The predicted molar refractivity (Wildman–Crippen MR) is 85.9 cm³/mol. The highest BCUT2D eigenvalue weighted by Gasteiger charge is 2.34. The summed E-state index contributed by atoms with van der Waals surface area (Å²) in [7, 11) is 0. The topological polar surface area (TPSA) is 92.5 Å². The van der Waals surface area contributed by atoms with Gasteiger partial charge < -0.3 is 11.1 Å². The van der Waals surface area contributed by atoms with Crippen molar-refractivity contribution in [3.05, 3.63) is 59.7 Å². The van der Waals surface area contributed by atoms with Crippen molar-refractivity contribution in [1.82, 2.24) is 4.90 Å². The SMILES string of the molecule is Nc1ccccc1NC(=O)CCN1C(=O)c2ccccc2C1=O. The van der Waals surface area contributed by atoms with E-state index in [1.807, 2.05) is 0 Å². The van der Waals surface area contributed by atoms with Crippen LogP contribution < -0.4 is 11.1 Å². The largest absolute Gasteiger partial charge is 0.397 e. The molecule has 1 aliphatic heterocycles. The first-order chi connectivity index (χ1) is 11.1. The first-order valence-electron chi connectivity index (χ1n) is 7.17. The summed E-state index contributed by atoms with van der Waals surface area (Å²) in [4.78, 5) is 37.5. The lowest BCUT2D eigenvalue weighted by molar-refractivity contribution is -0.116. The smallest absolute Gasteiger partial charge is 0.261 e. The average Bonchev–Trinajstić information content (AvgIpc) is 2.80. The fourth-order valence-electron chi connectivity index (χ4n) is 2.48. The zero-order valence-corrected chi connectivity index (χ0v) is 12.3. The Morgan fingerprint density at radius 2 is 1.52 bits per heavy atom. The molecular weight excluding hydrogens is 294 g/mol. The second kappa shape index (κ2) is 5.92. The molecule has 0 bridgehead atoms. The number of carbonyl (C=O) groups is 3. The molecule has 2 aromatic carbocycles. The minimum absolute atomic E-state index is 0.0137. The van der Waals surface area contributed by atoms with E-state index in [1.165, 1.54) is 0 Å². The van der Waals surface area contributed by atoms with Crippen LogP contribution in [-0.4, -0.2) is 29.2 Å². The maximum absolute atomic E-state index is 12.2. The summed E-state index contributed by atoms with van der Waals surface area (Å²) >= 11 is 0. The lowest BCUT2D eigenvalue weighted by Crippen LogP contribution is -2.32. The average molecular weight is 309 g/mol. The Labute approximate surface area is 132 Å². The minimum atomic E-state index is -0.363. The quantitative estimate of drug-likeness (QED) is 0.666. The molecule has 0 saturated heterocycles. The van der Waals surface area contributed by atoms with Crippen molar-refractivity contribution >= 4 is 29.1 Å². The van der Waals surface area contributed by atoms with Gasteiger partial charge in [-0.05, 0) is 24.3 Å². The van der Waals surface area contributed by atoms with Gasteiger partial charge in [-0.15, -0.1) is 0 Å². The fraction of sp³-hybridized carbons (Fsp3) is 0.118. The number of amides is 3. The molecule has 0 radical (unpaired) electrons. The number of hydrogen-bond donors (Lipinski definition) is 2. The number of nitrogens with two attached hydrogens (primary N) is 1. The van der Waals surface area contributed by atoms with Gasteiger partial charge in [-0.1, -0.05) is 24.3 Å². The standard InChI is InChI=1S/C17H15N3O3/c18-13-7-3-4-8-14(13)19-15(21)9-10-20-16(22)11-5-1-2-6-12(11)17(20)23/h1-8H,9-10,18H2,(H,19,21). The molecule has 1 heterocycles. The van der Waals surface area contributed by atoms with Gasteiger partial charge in [-0.3, -0.25) is 19.3 Å². The molecule has 3 amide bonds. The van der Waals surface area contributed by atoms with Crippen molar-refractivity contribution < 1.29 is 14.4 Å². The van der Waals surface area contributed by atoms with Gasteiger partial charge in [0.15, 0.2) is 0 Å². The van der Waals surface area contributed by atoms with Crippen LogP contribution in [-0.2, 0) is 4.79 Å². The van der Waals surface area contributed by atoms with Gasteiger partial charge in [0.05, 0.1) is 22.5 Å². The summed E-state index contributed by atoms with van der Waals surface area (Å²) in [5, 5.41) is 2.67. The number of benzene rings is 2. The van der Waals surface area contributed by atoms with E-state index in [9.17, 15) is 14.4 Å². The molecule has 0 saturated carbocycles. The van der Waals surface area contributed by atoms with Crippen LogP contribution in [0.3, 0.4) is 0 Å². The number of imide groups is 1. The molecule has 1 aliphatic rings. The molecule has 116 valence electrons. The predicted octanol–water partition coefficient (Wildman–Crippen LogP) is 1.89. The molecule has 3 rings (SSSR count). The minimum Gasteiger partial charge on any atom is -0.397 e. The number of fused-ring (bicyclic) bond motifs is 1. The molecule has 0 atom stereocenters. The molecule has 0 spiro atoms. The monoisotopic (exact) mass is 309 g/mol. The van der Waals surface area contributed by atoms with Crippen molar-refractivity contribution in [1.29, 1.82) is 0 Å². The van der Waals surface area contributed by atoms with Crippen molar-refractivity contribution in [3.8, 4) is 0 Å². The lowest BCUT2D eigenvalue weighted by Gasteiger charge is -2.14. The van der Waals surface area contributed by atoms with Crippen LogP contribution in [0.15, 0.2) is 48.5 Å². The van der Waals surface area contributed by atoms with Crippen LogP contribution >= 0.6 is 0 Å². The van der Waals surface area contributed by atoms with Crippen LogP contribution in [0.1, 0.15) is 27.1 Å². The summed E-state index contributed by atoms with van der Waals surface area (Å²) in [6.45, 7) is 0.0327. The normalized spacial score (nSPS) is 13.1. The van der Waals surface area contributed by atoms with Crippen LogP contribution in [0.25, 0.3) is 0 Å². The Hall–Kier alpha value is -3.15. The Morgan fingerprint density at radius 1 is 0.957 bits per heavy atom. The second-order valence-corrected chi connectivity index (χ2v) is 5.19. The van der Waals surface area contributed by atoms with Crippen molar-refractivity contribution in [2.45, 2.75) is 6.42 Å². The molecule has 0 aromatic heterocycles. The highest BCUT2D eigenvalue weighted by atomic mass is 16.2. The van der Waals surface area contributed by atoms with E-state index in [4.69, 9.17) is 5.73 Å². The molecule has 0 fully saturated rings. The first kappa shape index (κ1) is 14.8. The first-order valence-corrected chi connectivity index (χ1v) is 7.17. The van der Waals surface area contributed by atoms with Crippen LogP contribution in [0.5, 0.6) is 0 Å². The van der Waals surface area contributed by atoms with E-state index in [0.717, 1.165) is 4.90 Å². The Balaban J connectivity index is 1.63. The zero-order valence-electron chi connectivity index (χ0n) is 12.3. The van der Waals surface area contributed by atoms with E-state index in [-0.39, 0.29) is 30.7 Å². The summed E-state index contributed by atoms with van der Waals surface area (Å²) in [5.74, 6) is -1.03. The van der Waals surface area contributed by atoms with Gasteiger partial charge in [0, 0.05) is 13.0 Å².